The van der Waals surface area contributed by atoms with Crippen LogP contribution in [0.4, 0.5) is 5.69 Å². The van der Waals surface area contributed by atoms with Crippen LogP contribution in [-0.2, 0) is 12.8 Å². The first kappa shape index (κ1) is 26.8. The summed E-state index contributed by atoms with van der Waals surface area (Å²) in [4.78, 5) is 14.4. The smallest absolute Gasteiger partial charge is 0.250 e. The molecule has 1 heterocycles. The lowest BCUT2D eigenvalue weighted by Gasteiger charge is -2.24. The SMILES string of the molecule is Cc1ccc(OCCNC(C)Cc2cc3c(c(C(N)=O)c2)N(CCCO)CC3)c(OC(C)(C)C)c1. The Kier molecular flexibility index (Phi) is 9.03. The second kappa shape index (κ2) is 11.8. The third kappa shape index (κ3) is 7.61. The lowest BCUT2D eigenvalue weighted by Crippen LogP contribution is -2.32. The number of benzene rings is 2. The number of aliphatic hydroxyl groups is 1. The number of rotatable bonds is 12. The molecule has 0 bridgehead atoms. The molecule has 0 saturated carbocycles. The number of fused-ring (bicyclic) bond motifs is 1. The van der Waals surface area contributed by atoms with Gasteiger partial charge in [0.25, 0.3) is 5.91 Å². The molecular weight excluding hydrogens is 442 g/mol. The van der Waals surface area contributed by atoms with Gasteiger partial charge in [-0.2, -0.15) is 0 Å². The molecule has 0 aliphatic carbocycles. The van der Waals surface area contributed by atoms with Crippen molar-refractivity contribution in [1.29, 1.82) is 0 Å². The van der Waals surface area contributed by atoms with E-state index in [1.54, 1.807) is 0 Å². The Balaban J connectivity index is 1.57. The molecule has 0 saturated heterocycles. The molecule has 35 heavy (non-hydrogen) atoms. The van der Waals surface area contributed by atoms with Gasteiger partial charge in [-0.15, -0.1) is 0 Å². The van der Waals surface area contributed by atoms with Crippen LogP contribution in [0.1, 0.15) is 61.2 Å². The lowest BCUT2D eigenvalue weighted by atomic mass is 9.98. The molecule has 1 atom stereocenters. The first-order chi connectivity index (χ1) is 16.6. The molecule has 4 N–H and O–H groups in total. The molecule has 7 nitrogen and oxygen atoms in total. The van der Waals surface area contributed by atoms with Crippen LogP contribution in [0.15, 0.2) is 30.3 Å². The van der Waals surface area contributed by atoms with E-state index in [1.165, 1.54) is 0 Å². The number of hydrogen-bond acceptors (Lipinski definition) is 6. The van der Waals surface area contributed by atoms with Crippen molar-refractivity contribution in [2.75, 3.05) is 37.7 Å². The van der Waals surface area contributed by atoms with Crippen LogP contribution < -0.4 is 25.4 Å². The van der Waals surface area contributed by atoms with Gasteiger partial charge in [-0.05, 0) is 88.8 Å². The Morgan fingerprint density at radius 3 is 2.69 bits per heavy atom. The Hall–Kier alpha value is -2.77. The topological polar surface area (TPSA) is 97.0 Å². The molecule has 2 aromatic rings. The molecule has 2 aromatic carbocycles. The predicted octanol–water partition coefficient (Wildman–Crippen LogP) is 3.62. The third-order valence-corrected chi connectivity index (χ3v) is 5.98. The van der Waals surface area contributed by atoms with E-state index in [4.69, 9.17) is 15.2 Å². The Labute approximate surface area is 209 Å². The van der Waals surface area contributed by atoms with Gasteiger partial charge in [0.05, 0.1) is 11.3 Å². The summed E-state index contributed by atoms with van der Waals surface area (Å²) in [6, 6.07) is 10.3. The fourth-order valence-electron chi connectivity index (χ4n) is 4.52. The van der Waals surface area contributed by atoms with Crippen LogP contribution in [0.3, 0.4) is 0 Å². The number of anilines is 1. The summed E-state index contributed by atoms with van der Waals surface area (Å²) in [5.74, 6) is 1.10. The number of aryl methyl sites for hydroxylation is 1. The van der Waals surface area contributed by atoms with Crippen molar-refractivity contribution in [2.24, 2.45) is 5.73 Å². The molecule has 1 amide bonds. The number of carbonyl (C=O) groups is 1. The van der Waals surface area contributed by atoms with Crippen molar-refractivity contribution in [1.82, 2.24) is 5.32 Å². The summed E-state index contributed by atoms with van der Waals surface area (Å²) in [7, 11) is 0. The highest BCUT2D eigenvalue weighted by molar-refractivity contribution is 6.00. The monoisotopic (exact) mass is 483 g/mol. The highest BCUT2D eigenvalue weighted by Gasteiger charge is 2.25. The van der Waals surface area contributed by atoms with Crippen molar-refractivity contribution in [3.8, 4) is 11.5 Å². The van der Waals surface area contributed by atoms with E-state index in [1.807, 2.05) is 52.0 Å². The van der Waals surface area contributed by atoms with Crippen molar-refractivity contribution in [3.63, 3.8) is 0 Å². The molecule has 192 valence electrons. The highest BCUT2D eigenvalue weighted by atomic mass is 16.5. The van der Waals surface area contributed by atoms with Crippen LogP contribution in [0.2, 0.25) is 0 Å². The van der Waals surface area contributed by atoms with E-state index < -0.39 is 5.91 Å². The van der Waals surface area contributed by atoms with Gasteiger partial charge in [-0.3, -0.25) is 4.79 Å². The van der Waals surface area contributed by atoms with Gasteiger partial charge in [-0.1, -0.05) is 12.1 Å². The average Bonchev–Trinajstić information content (AvgIpc) is 3.17. The van der Waals surface area contributed by atoms with E-state index in [-0.39, 0.29) is 18.2 Å². The molecule has 1 aliphatic heterocycles. The lowest BCUT2D eigenvalue weighted by molar-refractivity contribution is 0.100. The van der Waals surface area contributed by atoms with Gasteiger partial charge in [0.1, 0.15) is 12.2 Å². The molecule has 0 aromatic heterocycles. The molecule has 0 spiro atoms. The fourth-order valence-corrected chi connectivity index (χ4v) is 4.52. The fraction of sp³-hybridized carbons (Fsp3) is 0.536. The number of hydrogen-bond donors (Lipinski definition) is 3. The Bertz CT molecular complexity index is 1020. The van der Waals surface area contributed by atoms with E-state index in [2.05, 4.69) is 23.2 Å². The molecule has 7 heteroatoms. The number of carbonyl (C=O) groups excluding carboxylic acids is 1. The Morgan fingerprint density at radius 1 is 1.23 bits per heavy atom. The molecule has 1 unspecified atom stereocenters. The van der Waals surface area contributed by atoms with Gasteiger partial charge in [0, 0.05) is 32.3 Å². The maximum Gasteiger partial charge on any atom is 0.250 e. The maximum atomic E-state index is 12.2. The first-order valence-corrected chi connectivity index (χ1v) is 12.5. The van der Waals surface area contributed by atoms with Crippen LogP contribution >= 0.6 is 0 Å². The molecule has 1 aliphatic rings. The van der Waals surface area contributed by atoms with Crippen LogP contribution in [-0.4, -0.2) is 55.5 Å². The van der Waals surface area contributed by atoms with Gasteiger partial charge >= 0.3 is 0 Å². The van der Waals surface area contributed by atoms with Crippen molar-refractivity contribution < 1.29 is 19.4 Å². The zero-order chi connectivity index (χ0) is 25.6. The van der Waals surface area contributed by atoms with Crippen molar-refractivity contribution in [3.05, 3.63) is 52.6 Å². The average molecular weight is 484 g/mol. The zero-order valence-electron chi connectivity index (χ0n) is 21.8. The number of aliphatic hydroxyl groups excluding tert-OH is 1. The summed E-state index contributed by atoms with van der Waals surface area (Å²) < 4.78 is 12.1. The number of nitrogens with zero attached hydrogens (tertiary/aromatic N) is 1. The van der Waals surface area contributed by atoms with E-state index >= 15 is 0 Å². The molecule has 0 fully saturated rings. The summed E-state index contributed by atoms with van der Waals surface area (Å²) in [5, 5.41) is 12.7. The first-order valence-electron chi connectivity index (χ1n) is 12.5. The second-order valence-electron chi connectivity index (χ2n) is 10.4. The van der Waals surface area contributed by atoms with Crippen LogP contribution in [0, 0.1) is 6.92 Å². The minimum Gasteiger partial charge on any atom is -0.488 e. The van der Waals surface area contributed by atoms with Crippen molar-refractivity contribution >= 4 is 11.6 Å². The van der Waals surface area contributed by atoms with Crippen molar-refractivity contribution in [2.45, 2.75) is 65.5 Å². The Morgan fingerprint density at radius 2 is 2.00 bits per heavy atom. The van der Waals surface area contributed by atoms with E-state index in [0.29, 0.717) is 25.1 Å². The number of ether oxygens (including phenoxy) is 2. The molecular formula is C28H41N3O4. The molecule has 0 radical (unpaired) electrons. The van der Waals surface area contributed by atoms with Gasteiger partial charge in [0.15, 0.2) is 11.5 Å². The number of nitrogens with one attached hydrogen (secondary N) is 1. The summed E-state index contributed by atoms with van der Waals surface area (Å²) >= 11 is 0. The normalized spacial score (nSPS) is 14.1. The highest BCUT2D eigenvalue weighted by Crippen LogP contribution is 2.34. The van der Waals surface area contributed by atoms with E-state index in [9.17, 15) is 9.90 Å². The van der Waals surface area contributed by atoms with Crippen LogP contribution in [0.5, 0.6) is 11.5 Å². The zero-order valence-corrected chi connectivity index (χ0v) is 21.8. The van der Waals surface area contributed by atoms with Gasteiger partial charge in [-0.25, -0.2) is 0 Å². The molecule has 3 rings (SSSR count). The predicted molar refractivity (Wildman–Crippen MR) is 141 cm³/mol. The van der Waals surface area contributed by atoms with Gasteiger partial charge < -0.3 is 30.5 Å². The summed E-state index contributed by atoms with van der Waals surface area (Å²) in [6.07, 6.45) is 2.35. The largest absolute Gasteiger partial charge is 0.488 e. The minimum atomic E-state index is -0.403. The van der Waals surface area contributed by atoms with Gasteiger partial charge in [0.2, 0.25) is 0 Å². The summed E-state index contributed by atoms with van der Waals surface area (Å²) in [6.45, 7) is 13.2. The quantitative estimate of drug-likeness (QED) is 0.399. The standard InChI is InChI=1S/C28H41N3O4/c1-19-7-8-24(25(15-19)35-28(3,4)5)34-14-10-30-20(2)16-21-17-22-9-12-31(11-6-13-32)26(22)23(18-21)27(29)33/h7-8,15,17-18,20,30,32H,6,9-14,16H2,1-5H3,(H2,29,33). The number of nitrogens with two attached hydrogens (primary N) is 1. The second-order valence-corrected chi connectivity index (χ2v) is 10.4. The van der Waals surface area contributed by atoms with E-state index in [0.717, 1.165) is 59.8 Å². The summed E-state index contributed by atoms with van der Waals surface area (Å²) in [5.41, 5.74) is 10.3. The number of amides is 1. The van der Waals surface area contributed by atoms with Crippen LogP contribution in [0.25, 0.3) is 0 Å². The maximum absolute atomic E-state index is 12.2. The number of primary amides is 1. The third-order valence-electron chi connectivity index (χ3n) is 5.98. The minimum absolute atomic E-state index is 0.136.